The summed E-state index contributed by atoms with van der Waals surface area (Å²) in [6, 6.07) is 3.48. The number of methoxy groups -OCH3 is 1. The summed E-state index contributed by atoms with van der Waals surface area (Å²) in [6.07, 6.45) is 1.60. The second-order valence-corrected chi connectivity index (χ2v) is 7.40. The molecule has 1 aromatic heterocycles. The summed E-state index contributed by atoms with van der Waals surface area (Å²) < 4.78 is 15.9. The van der Waals surface area contributed by atoms with Gasteiger partial charge in [-0.2, -0.15) is 0 Å². The Bertz CT molecular complexity index is 549. The second-order valence-electron chi connectivity index (χ2n) is 7.40. The highest BCUT2D eigenvalue weighted by Gasteiger charge is 2.35. The van der Waals surface area contributed by atoms with Crippen LogP contribution in [-0.2, 0) is 14.2 Å². The summed E-state index contributed by atoms with van der Waals surface area (Å²) in [5.41, 5.74) is -1.74. The Morgan fingerprint density at radius 2 is 1.83 bits per heavy atom. The maximum Gasteiger partial charge on any atom is 0.332 e. The summed E-state index contributed by atoms with van der Waals surface area (Å²) in [4.78, 5) is 15.8. The third-order valence-electron chi connectivity index (χ3n) is 4.04. The van der Waals surface area contributed by atoms with Gasteiger partial charge in [-0.1, -0.05) is 6.07 Å². The van der Waals surface area contributed by atoms with Crippen molar-refractivity contribution in [2.75, 3.05) is 13.7 Å². The molecule has 1 radical (unpaired) electrons. The van der Waals surface area contributed by atoms with Crippen LogP contribution in [-0.4, -0.2) is 48.5 Å². The smallest absolute Gasteiger partial charge is 0.332 e. The van der Waals surface area contributed by atoms with Gasteiger partial charge in [0.1, 0.15) is 6.61 Å². The lowest BCUT2D eigenvalue weighted by atomic mass is 9.83. The van der Waals surface area contributed by atoms with Gasteiger partial charge in [-0.15, -0.1) is 0 Å². The van der Waals surface area contributed by atoms with Crippen LogP contribution in [0.5, 0.6) is 5.88 Å². The first-order valence-corrected chi connectivity index (χ1v) is 7.80. The molecule has 0 bridgehead atoms. The Hall–Kier alpha value is -1.60. The predicted octanol–water partition coefficient (Wildman–Crippen LogP) is 1.47. The monoisotopic (exact) mass is 336 g/mol. The zero-order chi connectivity index (χ0) is 18.6. The first-order chi connectivity index (χ1) is 10.9. The molecule has 7 heteroatoms. The Kier molecular flexibility index (Phi) is 6.42. The second kappa shape index (κ2) is 7.53. The van der Waals surface area contributed by atoms with E-state index in [-0.39, 0.29) is 12.6 Å². The van der Waals surface area contributed by atoms with Crippen molar-refractivity contribution >= 4 is 18.9 Å². The molecule has 1 N–H and O–H groups in total. The van der Waals surface area contributed by atoms with Gasteiger partial charge in [0.15, 0.2) is 0 Å². The highest BCUT2D eigenvalue weighted by Crippen LogP contribution is 2.24. The number of hydrogen-bond acceptors (Lipinski definition) is 6. The summed E-state index contributed by atoms with van der Waals surface area (Å²) >= 11 is 0. The molecular formula is C17H27BNO5. The number of nitrogens with zero attached hydrogens (tertiary/aromatic N) is 1. The van der Waals surface area contributed by atoms with E-state index in [2.05, 4.69) is 4.98 Å². The minimum Gasteiger partial charge on any atom is -0.476 e. The standard InChI is InChI=1S/C17H27BNO5/c1-15(2,14(20)22-7)11-23-13-9-8-12(10-19-13)18-24-17(5,6)16(3,4)21/h8-10,21H,11H2,1-7H3. The van der Waals surface area contributed by atoms with Crippen molar-refractivity contribution < 1.29 is 24.0 Å². The average Bonchev–Trinajstić information content (AvgIpc) is 2.50. The van der Waals surface area contributed by atoms with E-state index in [1.165, 1.54) is 7.11 Å². The third kappa shape index (κ3) is 5.49. The number of aromatic nitrogens is 1. The van der Waals surface area contributed by atoms with E-state index in [1.807, 2.05) is 13.8 Å². The number of rotatable bonds is 8. The fraction of sp³-hybridized carbons (Fsp3) is 0.647. The van der Waals surface area contributed by atoms with Crippen molar-refractivity contribution in [3.8, 4) is 5.88 Å². The topological polar surface area (TPSA) is 77.9 Å². The lowest BCUT2D eigenvalue weighted by molar-refractivity contribution is -0.152. The zero-order valence-corrected chi connectivity index (χ0v) is 15.5. The van der Waals surface area contributed by atoms with E-state index in [9.17, 15) is 9.90 Å². The Balaban J connectivity index is 2.59. The van der Waals surface area contributed by atoms with Gasteiger partial charge < -0.3 is 19.2 Å². The molecule has 0 aliphatic rings. The first kappa shape index (κ1) is 20.4. The largest absolute Gasteiger partial charge is 0.476 e. The van der Waals surface area contributed by atoms with E-state index in [4.69, 9.17) is 14.1 Å². The van der Waals surface area contributed by atoms with Gasteiger partial charge in [-0.05, 0) is 53.1 Å². The van der Waals surface area contributed by atoms with Gasteiger partial charge in [0.05, 0.1) is 23.7 Å². The molecule has 0 saturated carbocycles. The maximum atomic E-state index is 11.6. The van der Waals surface area contributed by atoms with Crippen LogP contribution in [0.1, 0.15) is 41.5 Å². The van der Waals surface area contributed by atoms with E-state index < -0.39 is 16.6 Å². The summed E-state index contributed by atoms with van der Waals surface area (Å²) in [5.74, 6) is 0.0700. The SMILES string of the molecule is COC(=O)C(C)(C)COc1ccc([B]OC(C)(C)C(C)(C)O)cn1. The number of esters is 1. The van der Waals surface area contributed by atoms with Crippen molar-refractivity contribution in [1.82, 2.24) is 4.98 Å². The van der Waals surface area contributed by atoms with Crippen LogP contribution in [0.25, 0.3) is 0 Å². The molecule has 1 rings (SSSR count). The lowest BCUT2D eigenvalue weighted by Crippen LogP contribution is -2.49. The number of pyridine rings is 1. The van der Waals surface area contributed by atoms with Crippen LogP contribution in [0.3, 0.4) is 0 Å². The number of ether oxygens (including phenoxy) is 2. The third-order valence-corrected chi connectivity index (χ3v) is 4.04. The normalized spacial score (nSPS) is 12.7. The van der Waals surface area contributed by atoms with Gasteiger partial charge in [0, 0.05) is 6.20 Å². The summed E-state index contributed by atoms with van der Waals surface area (Å²) in [7, 11) is 2.90. The quantitative estimate of drug-likeness (QED) is 0.572. The van der Waals surface area contributed by atoms with Gasteiger partial charge in [0.25, 0.3) is 0 Å². The van der Waals surface area contributed by atoms with Gasteiger partial charge in [0.2, 0.25) is 5.88 Å². The highest BCUT2D eigenvalue weighted by molar-refractivity contribution is 6.46. The Morgan fingerprint density at radius 1 is 1.21 bits per heavy atom. The molecule has 1 heterocycles. The van der Waals surface area contributed by atoms with Crippen LogP contribution in [0.2, 0.25) is 0 Å². The van der Waals surface area contributed by atoms with Gasteiger partial charge in [-0.3, -0.25) is 4.79 Å². The van der Waals surface area contributed by atoms with Crippen molar-refractivity contribution in [2.24, 2.45) is 5.41 Å². The lowest BCUT2D eigenvalue weighted by Gasteiger charge is -2.37. The molecule has 0 amide bonds. The predicted molar refractivity (Wildman–Crippen MR) is 92.4 cm³/mol. The highest BCUT2D eigenvalue weighted by atomic mass is 16.5. The number of hydrogen-bond donors (Lipinski definition) is 1. The molecule has 0 unspecified atom stereocenters. The van der Waals surface area contributed by atoms with Crippen molar-refractivity contribution in [2.45, 2.75) is 52.7 Å². The van der Waals surface area contributed by atoms with Crippen LogP contribution in [0.4, 0.5) is 0 Å². The van der Waals surface area contributed by atoms with Crippen LogP contribution in [0.15, 0.2) is 18.3 Å². The number of aliphatic hydroxyl groups is 1. The van der Waals surface area contributed by atoms with E-state index in [1.54, 1.807) is 53.5 Å². The fourth-order valence-electron chi connectivity index (χ4n) is 1.50. The van der Waals surface area contributed by atoms with Gasteiger partial charge in [-0.25, -0.2) is 4.98 Å². The molecule has 0 atom stereocenters. The van der Waals surface area contributed by atoms with Crippen LogP contribution in [0, 0.1) is 5.41 Å². The molecule has 0 saturated heterocycles. The maximum absolute atomic E-state index is 11.6. The summed E-state index contributed by atoms with van der Waals surface area (Å²) in [6.45, 7) is 10.7. The fourth-order valence-corrected chi connectivity index (χ4v) is 1.50. The van der Waals surface area contributed by atoms with Gasteiger partial charge >= 0.3 is 13.5 Å². The van der Waals surface area contributed by atoms with Crippen molar-refractivity contribution in [3.63, 3.8) is 0 Å². The van der Waals surface area contributed by atoms with E-state index in [0.29, 0.717) is 5.88 Å². The number of carbonyl (C=O) groups excluding carboxylic acids is 1. The van der Waals surface area contributed by atoms with E-state index >= 15 is 0 Å². The number of carbonyl (C=O) groups is 1. The minimum absolute atomic E-state index is 0.165. The molecule has 0 aromatic carbocycles. The minimum atomic E-state index is -0.987. The van der Waals surface area contributed by atoms with Crippen LogP contribution < -0.4 is 10.2 Å². The average molecular weight is 336 g/mol. The Labute approximate surface area is 144 Å². The molecule has 0 aliphatic carbocycles. The van der Waals surface area contributed by atoms with E-state index in [0.717, 1.165) is 5.46 Å². The van der Waals surface area contributed by atoms with Crippen LogP contribution >= 0.6 is 0 Å². The molecule has 24 heavy (non-hydrogen) atoms. The molecule has 1 aromatic rings. The Morgan fingerprint density at radius 3 is 2.29 bits per heavy atom. The summed E-state index contributed by atoms with van der Waals surface area (Å²) in [5, 5.41) is 10.1. The zero-order valence-electron chi connectivity index (χ0n) is 15.5. The molecule has 0 aliphatic heterocycles. The molecule has 133 valence electrons. The van der Waals surface area contributed by atoms with Crippen molar-refractivity contribution in [3.05, 3.63) is 18.3 Å². The molecule has 0 fully saturated rings. The van der Waals surface area contributed by atoms with Crippen molar-refractivity contribution in [1.29, 1.82) is 0 Å². The first-order valence-electron chi connectivity index (χ1n) is 7.80. The molecule has 0 spiro atoms. The molecular weight excluding hydrogens is 309 g/mol. The molecule has 6 nitrogen and oxygen atoms in total.